The normalized spacial score (nSPS) is 11.2. The van der Waals surface area contributed by atoms with Gasteiger partial charge in [-0.3, -0.25) is 0 Å². The molecule has 0 aliphatic carbocycles. The Balaban J connectivity index is 2.58. The first-order chi connectivity index (χ1) is 9.56. The molecular formula is C17H19NO2. The summed E-state index contributed by atoms with van der Waals surface area (Å²) in [6.45, 7) is 6.35. The van der Waals surface area contributed by atoms with E-state index in [-0.39, 0.29) is 0 Å². The number of hydrogen-bond acceptors (Lipinski definition) is 2. The van der Waals surface area contributed by atoms with Gasteiger partial charge >= 0.3 is 0 Å². The van der Waals surface area contributed by atoms with E-state index in [4.69, 9.17) is 9.47 Å². The van der Waals surface area contributed by atoms with Gasteiger partial charge in [0.05, 0.1) is 25.3 Å². The number of aromatic amines is 1. The molecule has 0 unspecified atom stereocenters. The number of aromatic nitrogens is 1. The average Bonchev–Trinajstić information content (AvgIpc) is 2.81. The number of nitrogens with one attached hydrogen (secondary N) is 1. The quantitative estimate of drug-likeness (QED) is 0.754. The molecule has 0 radical (unpaired) electrons. The first-order valence-corrected chi connectivity index (χ1v) is 6.71. The lowest BCUT2D eigenvalue weighted by atomic mass is 10.0. The first kappa shape index (κ1) is 12.9. The van der Waals surface area contributed by atoms with Gasteiger partial charge in [0, 0.05) is 10.8 Å². The molecule has 1 N–H and O–H groups in total. The third-order valence-corrected chi connectivity index (χ3v) is 4.02. The lowest BCUT2D eigenvalue weighted by Gasteiger charge is -2.08. The predicted molar refractivity (Wildman–Crippen MR) is 83.1 cm³/mol. The number of benzene rings is 2. The fraction of sp³-hybridized carbons (Fsp3) is 0.294. The Bertz CT molecular complexity index is 815. The second-order valence-electron chi connectivity index (χ2n) is 5.29. The number of rotatable bonds is 2. The van der Waals surface area contributed by atoms with Crippen molar-refractivity contribution < 1.29 is 9.47 Å². The van der Waals surface area contributed by atoms with E-state index in [1.165, 1.54) is 27.5 Å². The van der Waals surface area contributed by atoms with Crippen molar-refractivity contribution in [1.82, 2.24) is 4.98 Å². The fourth-order valence-electron chi connectivity index (χ4n) is 2.87. The molecule has 0 fully saturated rings. The summed E-state index contributed by atoms with van der Waals surface area (Å²) in [4.78, 5) is 3.46. The van der Waals surface area contributed by atoms with Crippen LogP contribution in [-0.4, -0.2) is 19.2 Å². The Morgan fingerprint density at radius 2 is 1.50 bits per heavy atom. The summed E-state index contributed by atoms with van der Waals surface area (Å²) in [7, 11) is 3.41. The Morgan fingerprint density at radius 1 is 0.850 bits per heavy atom. The van der Waals surface area contributed by atoms with E-state index in [1.807, 2.05) is 6.07 Å². The van der Waals surface area contributed by atoms with Gasteiger partial charge in [-0.1, -0.05) is 0 Å². The zero-order valence-corrected chi connectivity index (χ0v) is 12.5. The highest BCUT2D eigenvalue weighted by atomic mass is 16.5. The lowest BCUT2D eigenvalue weighted by Crippen LogP contribution is -1.89. The number of H-pyrrole nitrogens is 1. The van der Waals surface area contributed by atoms with E-state index in [9.17, 15) is 0 Å². The fourth-order valence-corrected chi connectivity index (χ4v) is 2.87. The molecule has 0 saturated carbocycles. The van der Waals surface area contributed by atoms with Crippen molar-refractivity contribution in [2.45, 2.75) is 20.8 Å². The summed E-state index contributed by atoms with van der Waals surface area (Å²) in [5, 5.41) is 2.41. The van der Waals surface area contributed by atoms with E-state index < -0.39 is 0 Å². The Hall–Kier alpha value is -2.16. The van der Waals surface area contributed by atoms with Gasteiger partial charge in [-0.15, -0.1) is 0 Å². The molecule has 104 valence electrons. The van der Waals surface area contributed by atoms with Gasteiger partial charge in [0.15, 0.2) is 0 Å². The minimum atomic E-state index is 0.871. The monoisotopic (exact) mass is 269 g/mol. The van der Waals surface area contributed by atoms with Crippen LogP contribution in [0.25, 0.3) is 21.8 Å². The van der Waals surface area contributed by atoms with Gasteiger partial charge in [-0.2, -0.15) is 0 Å². The number of hydrogen-bond donors (Lipinski definition) is 1. The molecule has 3 aromatic rings. The van der Waals surface area contributed by atoms with Gasteiger partial charge in [-0.05, 0) is 55.7 Å². The zero-order valence-electron chi connectivity index (χ0n) is 12.5. The Morgan fingerprint density at radius 3 is 2.15 bits per heavy atom. The second kappa shape index (κ2) is 4.44. The minimum Gasteiger partial charge on any atom is -0.495 e. The third-order valence-electron chi connectivity index (χ3n) is 4.02. The van der Waals surface area contributed by atoms with Gasteiger partial charge in [0.1, 0.15) is 11.5 Å². The first-order valence-electron chi connectivity index (χ1n) is 6.71. The highest BCUT2D eigenvalue weighted by molar-refractivity contribution is 6.13. The highest BCUT2D eigenvalue weighted by Crippen LogP contribution is 2.39. The molecule has 3 rings (SSSR count). The van der Waals surface area contributed by atoms with Crippen molar-refractivity contribution >= 4 is 21.8 Å². The molecule has 0 bridgehead atoms. The standard InChI is InChI=1S/C17H19NO2/c1-9-6-12-15-11(3)10(2)8-14(20-5)17(15)18-16(12)13(7-9)19-4/h6-8,18H,1-5H3. The van der Waals surface area contributed by atoms with Gasteiger partial charge in [0.25, 0.3) is 0 Å². The Labute approximate surface area is 118 Å². The van der Waals surface area contributed by atoms with Crippen molar-refractivity contribution in [1.29, 1.82) is 0 Å². The average molecular weight is 269 g/mol. The molecule has 3 heteroatoms. The van der Waals surface area contributed by atoms with Crippen LogP contribution in [0.4, 0.5) is 0 Å². The van der Waals surface area contributed by atoms with Crippen LogP contribution < -0.4 is 9.47 Å². The number of fused-ring (bicyclic) bond motifs is 3. The number of methoxy groups -OCH3 is 2. The van der Waals surface area contributed by atoms with Gasteiger partial charge in [-0.25, -0.2) is 0 Å². The van der Waals surface area contributed by atoms with Crippen molar-refractivity contribution in [3.05, 3.63) is 34.9 Å². The summed E-state index contributed by atoms with van der Waals surface area (Å²) in [5.41, 5.74) is 5.76. The van der Waals surface area contributed by atoms with E-state index in [2.05, 4.69) is 37.9 Å². The molecule has 0 aliphatic heterocycles. The predicted octanol–water partition coefficient (Wildman–Crippen LogP) is 4.26. The smallest absolute Gasteiger partial charge is 0.143 e. The van der Waals surface area contributed by atoms with Crippen molar-refractivity contribution in [2.75, 3.05) is 14.2 Å². The van der Waals surface area contributed by atoms with Crippen LogP contribution in [0, 0.1) is 20.8 Å². The SMILES string of the molecule is COc1cc(C)cc2c1[nH]c1c(OC)cc(C)c(C)c12. The molecular weight excluding hydrogens is 250 g/mol. The largest absolute Gasteiger partial charge is 0.495 e. The van der Waals surface area contributed by atoms with Gasteiger partial charge < -0.3 is 14.5 Å². The topological polar surface area (TPSA) is 34.2 Å². The van der Waals surface area contributed by atoms with Crippen LogP contribution in [0.2, 0.25) is 0 Å². The summed E-state index contributed by atoms with van der Waals surface area (Å²) in [6, 6.07) is 6.32. The van der Waals surface area contributed by atoms with Crippen molar-refractivity contribution in [3.63, 3.8) is 0 Å². The molecule has 1 aromatic heterocycles. The van der Waals surface area contributed by atoms with Crippen LogP contribution in [0.1, 0.15) is 16.7 Å². The molecule has 0 spiro atoms. The molecule has 0 aliphatic rings. The van der Waals surface area contributed by atoms with E-state index >= 15 is 0 Å². The maximum absolute atomic E-state index is 5.52. The molecule has 3 nitrogen and oxygen atoms in total. The van der Waals surface area contributed by atoms with Crippen molar-refractivity contribution in [3.8, 4) is 11.5 Å². The maximum Gasteiger partial charge on any atom is 0.143 e. The van der Waals surface area contributed by atoms with Crippen molar-refractivity contribution in [2.24, 2.45) is 0 Å². The Kier molecular flexibility index (Phi) is 2.85. The molecule has 20 heavy (non-hydrogen) atoms. The number of ether oxygens (including phenoxy) is 2. The van der Waals surface area contributed by atoms with Gasteiger partial charge in [0.2, 0.25) is 0 Å². The summed E-state index contributed by atoms with van der Waals surface area (Å²) in [6.07, 6.45) is 0. The molecule has 0 saturated heterocycles. The third kappa shape index (κ3) is 1.66. The lowest BCUT2D eigenvalue weighted by molar-refractivity contribution is 0.417. The summed E-state index contributed by atoms with van der Waals surface area (Å²) >= 11 is 0. The minimum absolute atomic E-state index is 0.871. The summed E-state index contributed by atoms with van der Waals surface area (Å²) < 4.78 is 11.0. The van der Waals surface area contributed by atoms with E-state index in [0.29, 0.717) is 0 Å². The van der Waals surface area contributed by atoms with E-state index in [1.54, 1.807) is 14.2 Å². The second-order valence-corrected chi connectivity index (χ2v) is 5.29. The van der Waals surface area contributed by atoms with Crippen LogP contribution in [0.3, 0.4) is 0 Å². The maximum atomic E-state index is 5.52. The highest BCUT2D eigenvalue weighted by Gasteiger charge is 2.16. The molecule has 2 aromatic carbocycles. The molecule has 0 amide bonds. The van der Waals surface area contributed by atoms with Crippen LogP contribution >= 0.6 is 0 Å². The van der Waals surface area contributed by atoms with Crippen LogP contribution in [0.5, 0.6) is 11.5 Å². The van der Waals surface area contributed by atoms with E-state index in [0.717, 1.165) is 22.5 Å². The molecule has 1 heterocycles. The number of aryl methyl sites for hydroxylation is 3. The summed E-state index contributed by atoms with van der Waals surface area (Å²) in [5.74, 6) is 1.74. The van der Waals surface area contributed by atoms with Crippen LogP contribution in [0.15, 0.2) is 18.2 Å². The van der Waals surface area contributed by atoms with Crippen LogP contribution in [-0.2, 0) is 0 Å². The molecule has 0 atom stereocenters. The zero-order chi connectivity index (χ0) is 14.4.